The highest BCUT2D eigenvalue weighted by atomic mass is 19.1. The molecule has 0 aliphatic carbocycles. The Morgan fingerprint density at radius 1 is 1.12 bits per heavy atom. The molecule has 0 aliphatic heterocycles. The summed E-state index contributed by atoms with van der Waals surface area (Å²) >= 11 is 0. The number of tetrazole rings is 1. The zero-order valence-corrected chi connectivity index (χ0v) is 19.2. The molecule has 8 nitrogen and oxygen atoms in total. The van der Waals surface area contributed by atoms with Crippen LogP contribution in [0, 0.1) is 0 Å². The van der Waals surface area contributed by atoms with Crippen molar-refractivity contribution in [1.82, 2.24) is 40.4 Å². The number of H-pyrrole nitrogens is 1. The lowest BCUT2D eigenvalue weighted by Crippen LogP contribution is -2.08. The fourth-order valence-corrected chi connectivity index (χ4v) is 3.82. The van der Waals surface area contributed by atoms with Crippen molar-refractivity contribution in [2.24, 2.45) is 0 Å². The maximum absolute atomic E-state index is 14.0. The number of alkyl halides is 2. The predicted molar refractivity (Wildman–Crippen MR) is 124 cm³/mol. The summed E-state index contributed by atoms with van der Waals surface area (Å²) in [5, 5.41) is 18.5. The summed E-state index contributed by atoms with van der Waals surface area (Å²) in [7, 11) is 0. The minimum absolute atomic E-state index is 0.0386. The molecule has 0 radical (unpaired) electrons. The van der Waals surface area contributed by atoms with Gasteiger partial charge in [0.05, 0.1) is 6.67 Å². The molecule has 1 atom stereocenters. The van der Waals surface area contributed by atoms with E-state index in [1.54, 1.807) is 6.20 Å². The number of benzene rings is 1. The lowest BCUT2D eigenvalue weighted by molar-refractivity contribution is 0.278. The largest absolute Gasteiger partial charge is 0.252 e. The van der Waals surface area contributed by atoms with Gasteiger partial charge in [-0.3, -0.25) is 9.37 Å². The molecule has 0 spiro atoms. The number of nitrogens with zero attached hydrogens (tertiary/aromatic N) is 7. The van der Waals surface area contributed by atoms with Gasteiger partial charge in [-0.05, 0) is 34.0 Å². The third-order valence-electron chi connectivity index (χ3n) is 5.60. The van der Waals surface area contributed by atoms with Crippen molar-refractivity contribution in [3.8, 4) is 22.6 Å². The number of aromatic amines is 1. The van der Waals surface area contributed by atoms with E-state index in [-0.39, 0.29) is 12.8 Å². The number of pyridine rings is 1. The van der Waals surface area contributed by atoms with E-state index >= 15 is 0 Å². The number of unbranched alkanes of at least 4 members (excludes halogenated alkanes) is 2. The van der Waals surface area contributed by atoms with Crippen LogP contribution in [0.1, 0.15) is 49.8 Å². The number of rotatable bonds is 12. The van der Waals surface area contributed by atoms with Gasteiger partial charge in [0.2, 0.25) is 0 Å². The Kier molecular flexibility index (Phi) is 8.00. The van der Waals surface area contributed by atoms with E-state index in [0.717, 1.165) is 48.3 Å². The Morgan fingerprint density at radius 2 is 1.97 bits per heavy atom. The van der Waals surface area contributed by atoms with Crippen LogP contribution in [0.15, 0.2) is 42.6 Å². The summed E-state index contributed by atoms with van der Waals surface area (Å²) in [4.78, 5) is 9.01. The molecule has 0 aliphatic rings. The van der Waals surface area contributed by atoms with E-state index in [0.29, 0.717) is 23.8 Å². The van der Waals surface area contributed by atoms with Gasteiger partial charge < -0.3 is 0 Å². The number of hydrogen-bond donors (Lipinski definition) is 1. The monoisotopic (exact) mass is 466 g/mol. The van der Waals surface area contributed by atoms with Crippen LogP contribution in [0.5, 0.6) is 0 Å². The molecule has 34 heavy (non-hydrogen) atoms. The summed E-state index contributed by atoms with van der Waals surface area (Å²) in [6.45, 7) is 2.20. The van der Waals surface area contributed by atoms with Gasteiger partial charge in [0, 0.05) is 37.6 Å². The SMILES string of the molecule is CCCCCn1nc(CC(F)CCF)nc1Cc1ccc(-c2cccnc2-c2nnn[nH]2)cc1. The third kappa shape index (κ3) is 5.86. The fraction of sp³-hybridized carbons (Fsp3) is 0.417. The molecule has 178 valence electrons. The molecule has 0 bridgehead atoms. The summed E-state index contributed by atoms with van der Waals surface area (Å²) in [6, 6.07) is 12.0. The highest BCUT2D eigenvalue weighted by Crippen LogP contribution is 2.28. The number of aromatic nitrogens is 8. The van der Waals surface area contributed by atoms with E-state index in [4.69, 9.17) is 0 Å². The summed E-state index contributed by atoms with van der Waals surface area (Å²) < 4.78 is 28.3. The van der Waals surface area contributed by atoms with Gasteiger partial charge in [-0.25, -0.2) is 19.2 Å². The van der Waals surface area contributed by atoms with Crippen LogP contribution in [-0.2, 0) is 19.4 Å². The lowest BCUT2D eigenvalue weighted by atomic mass is 10.0. The maximum Gasteiger partial charge on any atom is 0.198 e. The first-order valence-corrected chi connectivity index (χ1v) is 11.6. The highest BCUT2D eigenvalue weighted by molar-refractivity contribution is 5.77. The minimum Gasteiger partial charge on any atom is -0.252 e. The predicted octanol–water partition coefficient (Wildman–Crippen LogP) is 4.54. The van der Waals surface area contributed by atoms with Crippen LogP contribution in [0.3, 0.4) is 0 Å². The summed E-state index contributed by atoms with van der Waals surface area (Å²) in [5.41, 5.74) is 3.64. The topological polar surface area (TPSA) is 98.1 Å². The Balaban J connectivity index is 1.53. The van der Waals surface area contributed by atoms with Crippen molar-refractivity contribution in [2.75, 3.05) is 6.67 Å². The normalized spacial score (nSPS) is 12.2. The highest BCUT2D eigenvalue weighted by Gasteiger charge is 2.16. The van der Waals surface area contributed by atoms with Crippen molar-refractivity contribution >= 4 is 0 Å². The second kappa shape index (κ2) is 11.5. The average Bonchev–Trinajstić information content (AvgIpc) is 3.51. The lowest BCUT2D eigenvalue weighted by Gasteiger charge is -2.08. The van der Waals surface area contributed by atoms with E-state index in [9.17, 15) is 8.78 Å². The van der Waals surface area contributed by atoms with Crippen LogP contribution in [0.2, 0.25) is 0 Å². The van der Waals surface area contributed by atoms with Crippen molar-refractivity contribution in [3.63, 3.8) is 0 Å². The maximum atomic E-state index is 14.0. The number of nitrogens with one attached hydrogen (secondary N) is 1. The quantitative estimate of drug-likeness (QED) is 0.308. The van der Waals surface area contributed by atoms with Crippen LogP contribution >= 0.6 is 0 Å². The molecule has 1 unspecified atom stereocenters. The van der Waals surface area contributed by atoms with E-state index < -0.39 is 12.8 Å². The van der Waals surface area contributed by atoms with Gasteiger partial charge >= 0.3 is 0 Å². The standard InChI is InChI=1S/C24H28F2N8/c1-2-3-4-14-34-22(28-21(31-34)16-19(26)11-12-25)15-17-7-9-18(10-8-17)20-6-5-13-27-23(20)24-29-32-33-30-24/h5-10,13,19H,2-4,11-12,14-16H2,1H3,(H,29,30,32,33). The summed E-state index contributed by atoms with van der Waals surface area (Å²) in [6.07, 6.45) is 4.09. The van der Waals surface area contributed by atoms with Gasteiger partial charge in [-0.1, -0.05) is 50.1 Å². The Bertz CT molecular complexity index is 1160. The molecule has 0 amide bonds. The zero-order valence-electron chi connectivity index (χ0n) is 19.2. The first-order chi connectivity index (χ1) is 16.7. The Morgan fingerprint density at radius 3 is 2.71 bits per heavy atom. The molecule has 0 fully saturated rings. The molecule has 1 aromatic carbocycles. The first-order valence-electron chi connectivity index (χ1n) is 11.6. The van der Waals surface area contributed by atoms with E-state index in [1.165, 1.54) is 0 Å². The molecule has 3 aromatic heterocycles. The van der Waals surface area contributed by atoms with Crippen LogP contribution in [-0.4, -0.2) is 53.2 Å². The molecule has 3 heterocycles. The van der Waals surface area contributed by atoms with Gasteiger partial charge in [0.1, 0.15) is 17.7 Å². The number of aryl methyl sites for hydroxylation is 1. The van der Waals surface area contributed by atoms with Crippen molar-refractivity contribution in [1.29, 1.82) is 0 Å². The van der Waals surface area contributed by atoms with Gasteiger partial charge in [0.15, 0.2) is 11.6 Å². The number of halogens is 2. The Hall–Kier alpha value is -3.56. The minimum atomic E-state index is -1.27. The molecule has 4 rings (SSSR count). The summed E-state index contributed by atoms with van der Waals surface area (Å²) in [5.74, 6) is 1.73. The Labute approximate surface area is 196 Å². The van der Waals surface area contributed by atoms with Crippen LogP contribution < -0.4 is 0 Å². The third-order valence-corrected chi connectivity index (χ3v) is 5.60. The molecular formula is C24H28F2N8. The second-order valence-corrected chi connectivity index (χ2v) is 8.18. The van der Waals surface area contributed by atoms with Crippen molar-refractivity contribution in [3.05, 3.63) is 59.8 Å². The molecular weight excluding hydrogens is 438 g/mol. The zero-order chi connectivity index (χ0) is 23.8. The smallest absolute Gasteiger partial charge is 0.198 e. The van der Waals surface area contributed by atoms with E-state index in [2.05, 4.69) is 42.6 Å². The van der Waals surface area contributed by atoms with Gasteiger partial charge in [-0.2, -0.15) is 5.10 Å². The van der Waals surface area contributed by atoms with Crippen LogP contribution in [0.25, 0.3) is 22.6 Å². The molecule has 10 heteroatoms. The van der Waals surface area contributed by atoms with Crippen LogP contribution in [0.4, 0.5) is 8.78 Å². The molecule has 1 N–H and O–H groups in total. The second-order valence-electron chi connectivity index (χ2n) is 8.18. The molecule has 4 aromatic rings. The average molecular weight is 467 g/mol. The van der Waals surface area contributed by atoms with Gasteiger partial charge in [-0.15, -0.1) is 5.10 Å². The first kappa shape index (κ1) is 23.6. The van der Waals surface area contributed by atoms with Gasteiger partial charge in [0.25, 0.3) is 0 Å². The molecule has 0 saturated heterocycles. The van der Waals surface area contributed by atoms with Crippen molar-refractivity contribution < 1.29 is 8.78 Å². The number of hydrogen-bond acceptors (Lipinski definition) is 6. The van der Waals surface area contributed by atoms with Crippen molar-refractivity contribution in [2.45, 2.75) is 58.2 Å². The van der Waals surface area contributed by atoms with E-state index in [1.807, 2.05) is 41.1 Å². The fourth-order valence-electron chi connectivity index (χ4n) is 3.82. The molecule has 0 saturated carbocycles.